The van der Waals surface area contributed by atoms with Gasteiger partial charge in [0.25, 0.3) is 0 Å². The van der Waals surface area contributed by atoms with Crippen molar-refractivity contribution in [2.75, 3.05) is 37.6 Å². The fourth-order valence-corrected chi connectivity index (χ4v) is 4.33. The van der Waals surface area contributed by atoms with E-state index in [9.17, 15) is 0 Å². The minimum atomic E-state index is 0.565. The van der Waals surface area contributed by atoms with Crippen molar-refractivity contribution in [3.8, 4) is 0 Å². The van der Waals surface area contributed by atoms with Crippen LogP contribution in [0.25, 0.3) is 0 Å². The van der Waals surface area contributed by atoms with Crippen molar-refractivity contribution in [3.05, 3.63) is 44.9 Å². The predicted molar refractivity (Wildman–Crippen MR) is 121 cm³/mol. The van der Waals surface area contributed by atoms with E-state index in [1.165, 1.54) is 11.3 Å². The lowest BCUT2D eigenvalue weighted by atomic mass is 10.1. The molecule has 7 heteroatoms. The maximum Gasteiger partial charge on any atom is 0.191 e. The van der Waals surface area contributed by atoms with Gasteiger partial charge in [-0.05, 0) is 50.8 Å². The summed E-state index contributed by atoms with van der Waals surface area (Å²) in [6.45, 7) is 10.9. The van der Waals surface area contributed by atoms with E-state index in [1.54, 1.807) is 11.3 Å². The molecular formula is C21H30ClN5S. The number of thiazole rings is 1. The van der Waals surface area contributed by atoms with Crippen molar-refractivity contribution in [1.29, 1.82) is 0 Å². The Morgan fingerprint density at radius 1 is 1.36 bits per heavy atom. The number of benzene rings is 1. The Morgan fingerprint density at radius 3 is 2.96 bits per heavy atom. The van der Waals surface area contributed by atoms with E-state index in [4.69, 9.17) is 16.6 Å². The Labute approximate surface area is 177 Å². The second-order valence-electron chi connectivity index (χ2n) is 7.29. The van der Waals surface area contributed by atoms with Crippen LogP contribution in [-0.4, -0.2) is 43.7 Å². The van der Waals surface area contributed by atoms with Gasteiger partial charge in [0.2, 0.25) is 0 Å². The second-order valence-corrected chi connectivity index (χ2v) is 8.78. The standard InChI is InChI=1S/C21H30ClN5S/c1-4-23-21(24-9-7-19-14-28-16(3)26-19)25-12-17-8-10-27(13-17)20-11-18(22)6-5-15(20)2/h5-6,11,14,17H,4,7-10,12-13H2,1-3H3,(H2,23,24,25). The molecule has 2 heterocycles. The molecule has 0 radical (unpaired) electrons. The summed E-state index contributed by atoms with van der Waals surface area (Å²) >= 11 is 7.90. The first-order valence-corrected chi connectivity index (χ1v) is 11.2. The monoisotopic (exact) mass is 419 g/mol. The Bertz CT molecular complexity index is 804. The quantitative estimate of drug-likeness (QED) is 0.525. The van der Waals surface area contributed by atoms with E-state index in [1.807, 2.05) is 13.0 Å². The number of rotatable bonds is 7. The molecule has 1 fully saturated rings. The molecule has 2 aromatic rings. The third kappa shape index (κ3) is 5.85. The van der Waals surface area contributed by atoms with Crippen LogP contribution in [-0.2, 0) is 6.42 Å². The zero-order valence-electron chi connectivity index (χ0n) is 17.0. The molecule has 0 saturated carbocycles. The topological polar surface area (TPSA) is 52.6 Å². The van der Waals surface area contributed by atoms with Crippen LogP contribution in [0.3, 0.4) is 0 Å². The van der Waals surface area contributed by atoms with Crippen molar-refractivity contribution in [2.24, 2.45) is 10.9 Å². The molecule has 1 atom stereocenters. The smallest absolute Gasteiger partial charge is 0.191 e. The number of nitrogens with one attached hydrogen (secondary N) is 2. The molecule has 5 nitrogen and oxygen atoms in total. The van der Waals surface area contributed by atoms with Gasteiger partial charge in [-0.3, -0.25) is 4.99 Å². The van der Waals surface area contributed by atoms with Crippen molar-refractivity contribution in [3.63, 3.8) is 0 Å². The van der Waals surface area contributed by atoms with Gasteiger partial charge < -0.3 is 15.5 Å². The van der Waals surface area contributed by atoms with Crippen LogP contribution in [0.15, 0.2) is 28.6 Å². The first kappa shape index (κ1) is 20.9. The van der Waals surface area contributed by atoms with Gasteiger partial charge in [0, 0.05) is 55.2 Å². The SMILES string of the molecule is CCNC(=NCC1CCN(c2cc(Cl)ccc2C)C1)NCCc1csc(C)n1. The molecule has 0 aliphatic carbocycles. The van der Waals surface area contributed by atoms with Crippen LogP contribution in [0.2, 0.25) is 5.02 Å². The molecule has 0 amide bonds. The molecule has 1 aliphatic heterocycles. The normalized spacial score (nSPS) is 17.2. The van der Waals surface area contributed by atoms with Crippen LogP contribution in [0.1, 0.15) is 29.6 Å². The molecule has 1 saturated heterocycles. The van der Waals surface area contributed by atoms with E-state index < -0.39 is 0 Å². The Morgan fingerprint density at radius 2 is 2.21 bits per heavy atom. The fourth-order valence-electron chi connectivity index (χ4n) is 3.52. The summed E-state index contributed by atoms with van der Waals surface area (Å²) in [5.41, 5.74) is 3.68. The first-order chi connectivity index (χ1) is 13.5. The highest BCUT2D eigenvalue weighted by molar-refractivity contribution is 7.09. The van der Waals surface area contributed by atoms with Gasteiger partial charge in [0.15, 0.2) is 5.96 Å². The molecular weight excluding hydrogens is 390 g/mol. The molecule has 152 valence electrons. The number of aromatic nitrogens is 1. The van der Waals surface area contributed by atoms with Crippen LogP contribution in [0, 0.1) is 19.8 Å². The Hall–Kier alpha value is -1.79. The fraction of sp³-hybridized carbons (Fsp3) is 0.524. The highest BCUT2D eigenvalue weighted by atomic mass is 35.5. The van der Waals surface area contributed by atoms with E-state index in [0.717, 1.165) is 67.2 Å². The van der Waals surface area contributed by atoms with E-state index in [2.05, 4.69) is 51.9 Å². The van der Waals surface area contributed by atoms with Crippen molar-refractivity contribution < 1.29 is 0 Å². The largest absolute Gasteiger partial charge is 0.371 e. The predicted octanol–water partition coefficient (Wildman–Crippen LogP) is 4.04. The number of nitrogens with zero attached hydrogens (tertiary/aromatic N) is 3. The van der Waals surface area contributed by atoms with Gasteiger partial charge in [-0.25, -0.2) is 4.98 Å². The zero-order chi connectivity index (χ0) is 19.9. The van der Waals surface area contributed by atoms with E-state index in [-0.39, 0.29) is 0 Å². The maximum absolute atomic E-state index is 6.19. The minimum Gasteiger partial charge on any atom is -0.371 e. The van der Waals surface area contributed by atoms with Crippen molar-refractivity contribution in [2.45, 2.75) is 33.6 Å². The van der Waals surface area contributed by atoms with Crippen LogP contribution in [0.4, 0.5) is 5.69 Å². The average Bonchev–Trinajstić information content (AvgIpc) is 3.31. The summed E-state index contributed by atoms with van der Waals surface area (Å²) in [6, 6.07) is 6.13. The average molecular weight is 420 g/mol. The van der Waals surface area contributed by atoms with E-state index >= 15 is 0 Å². The number of anilines is 1. The molecule has 2 N–H and O–H groups in total. The summed E-state index contributed by atoms with van der Waals surface area (Å²) in [6.07, 6.45) is 2.08. The van der Waals surface area contributed by atoms with Gasteiger partial charge >= 0.3 is 0 Å². The molecule has 1 aromatic carbocycles. The summed E-state index contributed by atoms with van der Waals surface area (Å²) in [4.78, 5) is 11.8. The number of halogens is 1. The summed E-state index contributed by atoms with van der Waals surface area (Å²) < 4.78 is 0. The lowest BCUT2D eigenvalue weighted by Gasteiger charge is -2.21. The van der Waals surface area contributed by atoms with Gasteiger partial charge in [-0.1, -0.05) is 17.7 Å². The molecule has 0 bridgehead atoms. The number of guanidine groups is 1. The summed E-state index contributed by atoms with van der Waals surface area (Å²) in [5.74, 6) is 1.46. The van der Waals surface area contributed by atoms with Gasteiger partial charge in [-0.15, -0.1) is 11.3 Å². The first-order valence-electron chi connectivity index (χ1n) is 9.99. The number of aliphatic imine (C=N–C) groups is 1. The summed E-state index contributed by atoms with van der Waals surface area (Å²) in [7, 11) is 0. The lowest BCUT2D eigenvalue weighted by molar-refractivity contribution is 0.599. The Kier molecular flexibility index (Phi) is 7.57. The molecule has 28 heavy (non-hydrogen) atoms. The number of hydrogen-bond acceptors (Lipinski definition) is 4. The third-order valence-corrected chi connectivity index (χ3v) is 6.05. The van der Waals surface area contributed by atoms with Crippen molar-refractivity contribution in [1.82, 2.24) is 15.6 Å². The molecule has 1 aromatic heterocycles. The third-order valence-electron chi connectivity index (χ3n) is 4.99. The van der Waals surface area contributed by atoms with E-state index in [0.29, 0.717) is 5.92 Å². The minimum absolute atomic E-state index is 0.565. The molecule has 1 unspecified atom stereocenters. The van der Waals surface area contributed by atoms with Gasteiger partial charge in [0.1, 0.15) is 0 Å². The van der Waals surface area contributed by atoms with Gasteiger partial charge in [-0.2, -0.15) is 0 Å². The molecule has 0 spiro atoms. The molecule has 3 rings (SSSR count). The van der Waals surface area contributed by atoms with Crippen molar-refractivity contribution >= 4 is 34.6 Å². The second kappa shape index (κ2) is 10.1. The van der Waals surface area contributed by atoms with Gasteiger partial charge in [0.05, 0.1) is 10.7 Å². The van der Waals surface area contributed by atoms with Crippen LogP contribution in [0.5, 0.6) is 0 Å². The number of hydrogen-bond donors (Lipinski definition) is 2. The maximum atomic E-state index is 6.19. The summed E-state index contributed by atoms with van der Waals surface area (Å²) in [5, 5.41) is 10.8. The number of aryl methyl sites for hydroxylation is 2. The molecule has 1 aliphatic rings. The highest BCUT2D eigenvalue weighted by Crippen LogP contribution is 2.29. The lowest BCUT2D eigenvalue weighted by Crippen LogP contribution is -2.38. The Balaban J connectivity index is 1.51. The van der Waals surface area contributed by atoms with Crippen LogP contribution < -0.4 is 15.5 Å². The zero-order valence-corrected chi connectivity index (χ0v) is 18.5. The van der Waals surface area contributed by atoms with Crippen LogP contribution >= 0.6 is 22.9 Å². The highest BCUT2D eigenvalue weighted by Gasteiger charge is 2.23.